The summed E-state index contributed by atoms with van der Waals surface area (Å²) >= 11 is 6.01. The van der Waals surface area contributed by atoms with Gasteiger partial charge in [-0.05, 0) is 53.6 Å². The standard InChI is InChI=1S/C27H27ClF2N4O2/c1-15(2)26(35)32-14-16-10-21(24(25(29)30)31-13-16)27(36)33-20-8-9-22-18(11-20)12-23(34(22)3)17-4-6-19(28)7-5-17/h4-12,15,25,31H,13-14H2,1-3H3,(H,32,35)(H,33,36). The number of nitrogens with zero attached hydrogens (tertiary/aromatic N) is 1. The molecule has 0 spiro atoms. The number of hydrogen-bond donors (Lipinski definition) is 3. The van der Waals surface area contributed by atoms with Crippen molar-refractivity contribution in [3.05, 3.63) is 76.5 Å². The number of aryl methyl sites for hydroxylation is 1. The molecule has 0 bridgehead atoms. The first-order chi connectivity index (χ1) is 17.1. The van der Waals surface area contributed by atoms with Crippen molar-refractivity contribution in [2.24, 2.45) is 13.0 Å². The van der Waals surface area contributed by atoms with Crippen molar-refractivity contribution in [1.29, 1.82) is 0 Å². The summed E-state index contributed by atoms with van der Waals surface area (Å²) in [6.45, 7) is 3.82. The highest BCUT2D eigenvalue weighted by atomic mass is 35.5. The molecule has 6 nitrogen and oxygen atoms in total. The number of nitrogens with one attached hydrogen (secondary N) is 3. The maximum absolute atomic E-state index is 13.6. The van der Waals surface area contributed by atoms with Crippen molar-refractivity contribution in [1.82, 2.24) is 15.2 Å². The molecule has 2 heterocycles. The number of alkyl halides is 2. The minimum absolute atomic E-state index is 0.123. The van der Waals surface area contributed by atoms with Gasteiger partial charge in [0.2, 0.25) is 5.91 Å². The fraction of sp³-hybridized carbons (Fsp3) is 0.259. The lowest BCUT2D eigenvalue weighted by Gasteiger charge is -2.22. The summed E-state index contributed by atoms with van der Waals surface area (Å²) in [5, 5.41) is 9.66. The van der Waals surface area contributed by atoms with E-state index in [2.05, 4.69) is 16.0 Å². The van der Waals surface area contributed by atoms with E-state index < -0.39 is 18.0 Å². The average Bonchev–Trinajstić information content (AvgIpc) is 3.18. The SMILES string of the molecule is CC(C)C(=O)NCC1=CC(C(=O)Nc2ccc3c(c2)cc(-c2ccc(Cl)cc2)n3C)=C(C(F)F)NC1. The van der Waals surface area contributed by atoms with Crippen LogP contribution in [0, 0.1) is 5.92 Å². The van der Waals surface area contributed by atoms with Crippen LogP contribution in [0.2, 0.25) is 5.02 Å². The lowest BCUT2D eigenvalue weighted by atomic mass is 10.0. The van der Waals surface area contributed by atoms with Gasteiger partial charge in [-0.2, -0.15) is 0 Å². The van der Waals surface area contributed by atoms with Crippen LogP contribution in [0.15, 0.2) is 71.5 Å². The molecule has 188 valence electrons. The molecule has 1 aliphatic rings. The highest BCUT2D eigenvalue weighted by Gasteiger charge is 2.25. The summed E-state index contributed by atoms with van der Waals surface area (Å²) in [7, 11) is 1.95. The second kappa shape index (κ2) is 10.5. The van der Waals surface area contributed by atoms with Crippen LogP contribution in [0.3, 0.4) is 0 Å². The van der Waals surface area contributed by atoms with Crippen LogP contribution in [0.4, 0.5) is 14.5 Å². The smallest absolute Gasteiger partial charge is 0.278 e. The maximum atomic E-state index is 13.6. The van der Waals surface area contributed by atoms with Gasteiger partial charge < -0.3 is 20.5 Å². The van der Waals surface area contributed by atoms with Crippen LogP contribution < -0.4 is 16.0 Å². The first-order valence-corrected chi connectivity index (χ1v) is 11.9. The zero-order valence-corrected chi connectivity index (χ0v) is 20.9. The molecule has 0 saturated carbocycles. The van der Waals surface area contributed by atoms with Gasteiger partial charge in [0.05, 0.1) is 11.3 Å². The predicted octanol–water partition coefficient (Wildman–Crippen LogP) is 5.26. The van der Waals surface area contributed by atoms with E-state index in [1.54, 1.807) is 26.0 Å². The van der Waals surface area contributed by atoms with E-state index >= 15 is 0 Å². The Kier molecular flexibility index (Phi) is 7.45. The number of dihydropyridines is 1. The van der Waals surface area contributed by atoms with Crippen molar-refractivity contribution in [2.45, 2.75) is 20.3 Å². The van der Waals surface area contributed by atoms with E-state index in [1.165, 1.54) is 6.08 Å². The summed E-state index contributed by atoms with van der Waals surface area (Å²) in [6, 6.07) is 14.9. The van der Waals surface area contributed by atoms with E-state index in [1.807, 2.05) is 48.0 Å². The van der Waals surface area contributed by atoms with Crippen molar-refractivity contribution in [3.63, 3.8) is 0 Å². The van der Waals surface area contributed by atoms with Crippen LogP contribution >= 0.6 is 11.6 Å². The number of halogens is 3. The van der Waals surface area contributed by atoms with Crippen LogP contribution in [0.1, 0.15) is 13.8 Å². The molecule has 3 aromatic rings. The molecule has 9 heteroatoms. The van der Waals surface area contributed by atoms with E-state index in [9.17, 15) is 18.4 Å². The Morgan fingerprint density at radius 3 is 2.50 bits per heavy atom. The number of allylic oxidation sites excluding steroid dienone is 1. The molecule has 0 fully saturated rings. The fourth-order valence-corrected chi connectivity index (χ4v) is 4.19. The number of hydrogen-bond acceptors (Lipinski definition) is 3. The molecular formula is C27H27ClF2N4O2. The van der Waals surface area contributed by atoms with Gasteiger partial charge in [0, 0.05) is 53.4 Å². The van der Waals surface area contributed by atoms with Crippen LogP contribution in [0.25, 0.3) is 22.2 Å². The monoisotopic (exact) mass is 512 g/mol. The second-order valence-corrected chi connectivity index (χ2v) is 9.42. The van der Waals surface area contributed by atoms with Crippen LogP contribution in [0.5, 0.6) is 0 Å². The van der Waals surface area contributed by atoms with Crippen LogP contribution in [-0.2, 0) is 16.6 Å². The zero-order chi connectivity index (χ0) is 26.0. The van der Waals surface area contributed by atoms with Gasteiger partial charge >= 0.3 is 0 Å². The van der Waals surface area contributed by atoms with Gasteiger partial charge in [0.1, 0.15) is 0 Å². The summed E-state index contributed by atoms with van der Waals surface area (Å²) in [4.78, 5) is 24.9. The van der Waals surface area contributed by atoms with Gasteiger partial charge in [-0.25, -0.2) is 8.78 Å². The minimum Gasteiger partial charge on any atom is -0.379 e. The third kappa shape index (κ3) is 5.44. The van der Waals surface area contributed by atoms with Gasteiger partial charge in [0.25, 0.3) is 12.3 Å². The van der Waals surface area contributed by atoms with Gasteiger partial charge in [-0.15, -0.1) is 0 Å². The number of anilines is 1. The van der Waals surface area contributed by atoms with E-state index in [-0.39, 0.29) is 30.5 Å². The summed E-state index contributed by atoms with van der Waals surface area (Å²) in [5.41, 5.74) is 3.44. The molecule has 3 N–H and O–H groups in total. The number of carbonyl (C=O) groups excluding carboxylic acids is 2. The number of fused-ring (bicyclic) bond motifs is 1. The molecule has 1 aliphatic heterocycles. The number of aromatic nitrogens is 1. The van der Waals surface area contributed by atoms with E-state index in [0.717, 1.165) is 22.2 Å². The van der Waals surface area contributed by atoms with E-state index in [0.29, 0.717) is 16.3 Å². The van der Waals surface area contributed by atoms with Gasteiger partial charge in [0.15, 0.2) is 0 Å². The lowest BCUT2D eigenvalue weighted by molar-refractivity contribution is -0.123. The number of amides is 2. The number of carbonyl (C=O) groups is 2. The molecule has 1 aromatic heterocycles. The molecule has 0 radical (unpaired) electrons. The Morgan fingerprint density at radius 2 is 1.83 bits per heavy atom. The molecule has 0 atom stereocenters. The molecule has 0 unspecified atom stereocenters. The minimum atomic E-state index is -2.84. The Hall–Kier alpha value is -3.65. The largest absolute Gasteiger partial charge is 0.379 e. The summed E-state index contributed by atoms with van der Waals surface area (Å²) in [5.74, 6) is -1.01. The molecule has 0 aliphatic carbocycles. The normalized spacial score (nSPS) is 13.7. The lowest BCUT2D eigenvalue weighted by Crippen LogP contribution is -2.36. The molecule has 2 aromatic carbocycles. The highest BCUT2D eigenvalue weighted by Crippen LogP contribution is 2.30. The quantitative estimate of drug-likeness (QED) is 0.404. The predicted molar refractivity (Wildman–Crippen MR) is 139 cm³/mol. The highest BCUT2D eigenvalue weighted by molar-refractivity contribution is 6.30. The molecule has 0 saturated heterocycles. The second-order valence-electron chi connectivity index (χ2n) is 8.98. The third-order valence-corrected chi connectivity index (χ3v) is 6.31. The molecule has 4 rings (SSSR count). The Labute approximate surface area is 213 Å². The molecule has 36 heavy (non-hydrogen) atoms. The number of rotatable bonds is 7. The topological polar surface area (TPSA) is 75.2 Å². The fourth-order valence-electron chi connectivity index (χ4n) is 4.06. The van der Waals surface area contributed by atoms with Crippen molar-refractivity contribution in [3.8, 4) is 11.3 Å². The Morgan fingerprint density at radius 1 is 1.11 bits per heavy atom. The Balaban J connectivity index is 1.58. The van der Waals surface area contributed by atoms with Gasteiger partial charge in [-0.1, -0.05) is 37.6 Å². The molecule has 2 amide bonds. The van der Waals surface area contributed by atoms with E-state index in [4.69, 9.17) is 11.6 Å². The van der Waals surface area contributed by atoms with Gasteiger partial charge in [-0.3, -0.25) is 9.59 Å². The Bertz CT molecular complexity index is 1370. The van der Waals surface area contributed by atoms with Crippen LogP contribution in [-0.4, -0.2) is 35.9 Å². The average molecular weight is 513 g/mol. The van der Waals surface area contributed by atoms with Crippen molar-refractivity contribution < 1.29 is 18.4 Å². The van der Waals surface area contributed by atoms with Crippen molar-refractivity contribution in [2.75, 3.05) is 18.4 Å². The summed E-state index contributed by atoms with van der Waals surface area (Å²) in [6.07, 6.45) is -1.42. The molecular weight excluding hydrogens is 486 g/mol. The first kappa shape index (κ1) is 25.4. The summed E-state index contributed by atoms with van der Waals surface area (Å²) < 4.78 is 29.3. The third-order valence-electron chi connectivity index (χ3n) is 6.06. The first-order valence-electron chi connectivity index (χ1n) is 11.5. The zero-order valence-electron chi connectivity index (χ0n) is 20.2. The van der Waals surface area contributed by atoms with Crippen molar-refractivity contribution >= 4 is 40.0 Å². The maximum Gasteiger partial charge on any atom is 0.278 e. The number of benzene rings is 2.